The lowest BCUT2D eigenvalue weighted by molar-refractivity contribution is -0.130. The molecule has 5 heterocycles. The highest BCUT2D eigenvalue weighted by Gasteiger charge is 2.44. The maximum absolute atomic E-state index is 14.1. The molecule has 11 nitrogen and oxygen atoms in total. The Labute approximate surface area is 283 Å². The van der Waals surface area contributed by atoms with E-state index in [1.54, 1.807) is 6.07 Å². The number of hydrogen-bond acceptors (Lipinski definition) is 8. The number of aromatic nitrogens is 3. The van der Waals surface area contributed by atoms with Gasteiger partial charge in [-0.15, -0.1) is 0 Å². The highest BCUT2D eigenvalue weighted by atomic mass is 32.2. The van der Waals surface area contributed by atoms with E-state index in [0.717, 1.165) is 78.8 Å². The number of benzene rings is 2. The van der Waals surface area contributed by atoms with Crippen molar-refractivity contribution in [2.45, 2.75) is 58.4 Å². The normalized spacial score (nSPS) is 18.3. The zero-order valence-corrected chi connectivity index (χ0v) is 28.6. The Hall–Kier alpha value is -3.72. The number of carbonyl (C=O) groups is 2. The number of fused-ring (bicyclic) bond motifs is 2. The Balaban J connectivity index is 1.10. The van der Waals surface area contributed by atoms with Gasteiger partial charge in [-0.25, -0.2) is 12.8 Å². The van der Waals surface area contributed by atoms with E-state index in [2.05, 4.69) is 19.9 Å². The molecule has 0 saturated carbocycles. The van der Waals surface area contributed by atoms with Crippen molar-refractivity contribution >= 4 is 43.5 Å². The van der Waals surface area contributed by atoms with E-state index in [9.17, 15) is 22.4 Å². The van der Waals surface area contributed by atoms with Crippen molar-refractivity contribution in [2.75, 3.05) is 39.0 Å². The van der Waals surface area contributed by atoms with Crippen LogP contribution in [0.4, 0.5) is 4.39 Å². The van der Waals surface area contributed by atoms with E-state index in [0.29, 0.717) is 42.0 Å². The second-order valence-electron chi connectivity index (χ2n) is 13.2. The number of aryl methyl sites for hydroxylation is 1. The molecule has 14 heteroatoms. The Bertz CT molecular complexity index is 1970. The third-order valence-corrected chi connectivity index (χ3v) is 12.3. The van der Waals surface area contributed by atoms with Crippen LogP contribution in [-0.4, -0.2) is 82.6 Å². The first-order valence-electron chi connectivity index (χ1n) is 16.5. The zero-order valence-electron chi connectivity index (χ0n) is 27.0. The Morgan fingerprint density at radius 1 is 1.08 bits per heavy atom. The van der Waals surface area contributed by atoms with Crippen LogP contribution in [0.3, 0.4) is 0 Å². The summed E-state index contributed by atoms with van der Waals surface area (Å²) in [6.07, 6.45) is 5.34. The van der Waals surface area contributed by atoms with Gasteiger partial charge in [-0.05, 0) is 80.1 Å². The number of nitrogens with zero attached hydrogens (tertiary/aromatic N) is 5. The first-order chi connectivity index (χ1) is 23.1. The fourth-order valence-electron chi connectivity index (χ4n) is 7.39. The van der Waals surface area contributed by atoms with E-state index < -0.39 is 16.7 Å². The number of hydrogen-bond donors (Lipinski definition) is 2. The number of amides is 2. The molecule has 2 fully saturated rings. The van der Waals surface area contributed by atoms with Crippen LogP contribution in [0.5, 0.6) is 0 Å². The number of rotatable bonds is 10. The van der Waals surface area contributed by atoms with Gasteiger partial charge in [0.05, 0.1) is 22.1 Å². The van der Waals surface area contributed by atoms with Gasteiger partial charge in [0, 0.05) is 61.4 Å². The summed E-state index contributed by atoms with van der Waals surface area (Å²) in [5.41, 5.74) is 4.54. The molecule has 0 atom stereocenters. The lowest BCUT2D eigenvalue weighted by Crippen LogP contribution is -2.44. The number of likely N-dealkylation sites (tertiary alicyclic amines) is 1. The van der Waals surface area contributed by atoms with Gasteiger partial charge in [0.15, 0.2) is 0 Å². The molecule has 3 aliphatic heterocycles. The summed E-state index contributed by atoms with van der Waals surface area (Å²) in [7, 11) is -3.42. The van der Waals surface area contributed by atoms with Crippen LogP contribution < -0.4 is 10.6 Å². The molecule has 2 amide bonds. The van der Waals surface area contributed by atoms with Crippen molar-refractivity contribution in [2.24, 2.45) is 5.41 Å². The van der Waals surface area contributed by atoms with Crippen LogP contribution in [0.15, 0.2) is 42.5 Å². The summed E-state index contributed by atoms with van der Waals surface area (Å²) >= 11 is 1.26. The van der Waals surface area contributed by atoms with Crippen LogP contribution in [0.2, 0.25) is 0 Å². The third kappa shape index (κ3) is 6.38. The molecule has 2 saturated heterocycles. The summed E-state index contributed by atoms with van der Waals surface area (Å²) in [5, 5.41) is 11.7. The number of piperidine rings is 1. The predicted molar refractivity (Wildman–Crippen MR) is 183 cm³/mol. The molecule has 2 aromatic heterocycles. The number of nitrogens with one attached hydrogen (secondary N) is 2. The SMILES string of the molecule is CS(=O)(=O)N1CCc2c(c(-c3ccc(CF)c(CNC(=O)c4nsc5ccccc45)c3)nn2CCCN2CCC3(CCNC3=O)CC2)C1. The minimum Gasteiger partial charge on any atom is -0.356 e. The van der Waals surface area contributed by atoms with E-state index >= 15 is 0 Å². The molecule has 2 N–H and O–H groups in total. The minimum absolute atomic E-state index is 0.106. The van der Waals surface area contributed by atoms with Crippen molar-refractivity contribution in [3.8, 4) is 11.3 Å². The first kappa shape index (κ1) is 32.8. The molecule has 254 valence electrons. The average Bonchev–Trinajstić information content (AvgIpc) is 3.79. The largest absolute Gasteiger partial charge is 0.356 e. The lowest BCUT2D eigenvalue weighted by atomic mass is 9.77. The van der Waals surface area contributed by atoms with Crippen molar-refractivity contribution < 1.29 is 22.4 Å². The maximum Gasteiger partial charge on any atom is 0.271 e. The van der Waals surface area contributed by atoms with Gasteiger partial charge < -0.3 is 15.5 Å². The number of halogens is 1. The van der Waals surface area contributed by atoms with Gasteiger partial charge in [-0.1, -0.05) is 30.3 Å². The number of sulfonamides is 1. The van der Waals surface area contributed by atoms with E-state index in [1.807, 2.05) is 41.1 Å². The summed E-state index contributed by atoms with van der Waals surface area (Å²) in [6.45, 7) is 4.16. The molecule has 0 unspecified atom stereocenters. The average molecular weight is 694 g/mol. The summed E-state index contributed by atoms with van der Waals surface area (Å²) in [5.74, 6) is -0.123. The standard InChI is InChI=1S/C34H40FN7O4S2/c1-48(45,46)41-16-9-28-27(22-41)30(38-42(28)15-4-14-40-17-11-34(12-18-40)10-13-36-33(34)44)23-7-8-24(20-35)25(19-23)21-37-32(43)31-26-5-2-3-6-29(26)47-39-31/h2-3,5-8,19H,4,9-18,20-22H2,1H3,(H,36,44)(H,37,43). The van der Waals surface area contributed by atoms with E-state index in [1.165, 1.54) is 22.1 Å². The molecule has 0 aliphatic carbocycles. The summed E-state index contributed by atoms with van der Waals surface area (Å²) in [4.78, 5) is 27.9. The van der Waals surface area contributed by atoms with Crippen LogP contribution in [0.25, 0.3) is 21.3 Å². The van der Waals surface area contributed by atoms with Crippen molar-refractivity contribution in [3.05, 3.63) is 70.5 Å². The van der Waals surface area contributed by atoms with Crippen LogP contribution in [0.1, 0.15) is 58.6 Å². The van der Waals surface area contributed by atoms with Gasteiger partial charge in [-0.3, -0.25) is 14.3 Å². The van der Waals surface area contributed by atoms with Crippen molar-refractivity contribution in [1.29, 1.82) is 0 Å². The molecule has 4 aromatic rings. The second-order valence-corrected chi connectivity index (χ2v) is 15.9. The van der Waals surface area contributed by atoms with Crippen LogP contribution in [0, 0.1) is 5.41 Å². The third-order valence-electron chi connectivity index (χ3n) is 10.3. The zero-order chi connectivity index (χ0) is 33.5. The Morgan fingerprint density at radius 3 is 2.65 bits per heavy atom. The highest BCUT2D eigenvalue weighted by molar-refractivity contribution is 7.88. The van der Waals surface area contributed by atoms with Crippen LogP contribution in [-0.2, 0) is 47.5 Å². The number of alkyl halides is 1. The van der Waals surface area contributed by atoms with E-state index in [4.69, 9.17) is 5.10 Å². The summed E-state index contributed by atoms with van der Waals surface area (Å²) < 4.78 is 48.0. The maximum atomic E-state index is 14.1. The van der Waals surface area contributed by atoms with Crippen LogP contribution >= 0.6 is 11.5 Å². The van der Waals surface area contributed by atoms with Gasteiger partial charge >= 0.3 is 0 Å². The van der Waals surface area contributed by atoms with Gasteiger partial charge in [0.25, 0.3) is 5.91 Å². The quantitative estimate of drug-likeness (QED) is 0.258. The molecule has 2 aromatic carbocycles. The number of carbonyl (C=O) groups excluding carboxylic acids is 2. The van der Waals surface area contributed by atoms with Gasteiger partial charge in [0.1, 0.15) is 12.4 Å². The molecule has 7 rings (SSSR count). The fourth-order valence-corrected chi connectivity index (χ4v) is 8.95. The fraction of sp³-hybridized carbons (Fsp3) is 0.471. The van der Waals surface area contributed by atoms with Gasteiger partial charge in [0.2, 0.25) is 15.9 Å². The second kappa shape index (κ2) is 13.3. The lowest BCUT2D eigenvalue weighted by Gasteiger charge is -2.37. The van der Waals surface area contributed by atoms with E-state index in [-0.39, 0.29) is 30.3 Å². The molecular weight excluding hydrogens is 654 g/mol. The highest BCUT2D eigenvalue weighted by Crippen LogP contribution is 2.38. The molecule has 3 aliphatic rings. The minimum atomic E-state index is -3.42. The van der Waals surface area contributed by atoms with Crippen molar-refractivity contribution in [1.82, 2.24) is 34.0 Å². The first-order valence-corrected chi connectivity index (χ1v) is 19.1. The monoisotopic (exact) mass is 693 g/mol. The summed E-state index contributed by atoms with van der Waals surface area (Å²) in [6, 6.07) is 12.9. The molecule has 1 spiro atoms. The Morgan fingerprint density at radius 2 is 1.90 bits per heavy atom. The molecule has 48 heavy (non-hydrogen) atoms. The Kier molecular flexibility index (Phi) is 9.09. The topological polar surface area (TPSA) is 130 Å². The van der Waals surface area contributed by atoms with Gasteiger partial charge in [-0.2, -0.15) is 13.8 Å². The molecular formula is C34H40FN7O4S2. The predicted octanol–water partition coefficient (Wildman–Crippen LogP) is 3.87. The molecule has 0 bridgehead atoms. The van der Waals surface area contributed by atoms with Crippen molar-refractivity contribution in [3.63, 3.8) is 0 Å². The smallest absolute Gasteiger partial charge is 0.271 e. The molecule has 0 radical (unpaired) electrons.